The van der Waals surface area contributed by atoms with Crippen molar-refractivity contribution in [2.45, 2.75) is 18.2 Å². The lowest BCUT2D eigenvalue weighted by Crippen LogP contribution is -2.49. The molecular formula is C17H24ClN5O2S2. The summed E-state index contributed by atoms with van der Waals surface area (Å²) in [5.41, 5.74) is 0.687. The molecule has 1 N–H and O–H groups in total. The number of nitrogens with one attached hydrogen (secondary N) is 1. The number of halogens is 1. The zero-order valence-corrected chi connectivity index (χ0v) is 17.5. The molecule has 4 rings (SSSR count). The molecule has 0 bridgehead atoms. The van der Waals surface area contributed by atoms with Crippen molar-refractivity contribution >= 4 is 46.4 Å². The van der Waals surface area contributed by atoms with Gasteiger partial charge in [0.2, 0.25) is 5.91 Å². The largest absolute Gasteiger partial charge is 0.340 e. The van der Waals surface area contributed by atoms with Crippen LogP contribution in [0.25, 0.3) is 4.96 Å². The molecule has 10 heteroatoms. The molecule has 0 spiro atoms. The highest BCUT2D eigenvalue weighted by atomic mass is 35.5. The Hall–Kier alpha value is -1.13. The van der Waals surface area contributed by atoms with Gasteiger partial charge in [-0.1, -0.05) is 0 Å². The van der Waals surface area contributed by atoms with Crippen LogP contribution >= 0.6 is 35.5 Å². The summed E-state index contributed by atoms with van der Waals surface area (Å²) in [7, 11) is 0. The van der Waals surface area contributed by atoms with Crippen LogP contribution in [0, 0.1) is 0 Å². The van der Waals surface area contributed by atoms with Gasteiger partial charge in [-0.3, -0.25) is 18.9 Å². The van der Waals surface area contributed by atoms with Crippen molar-refractivity contribution in [3.63, 3.8) is 0 Å². The summed E-state index contributed by atoms with van der Waals surface area (Å²) in [6.07, 6.45) is 2.81. The molecule has 27 heavy (non-hydrogen) atoms. The van der Waals surface area contributed by atoms with Crippen LogP contribution in [0.2, 0.25) is 0 Å². The summed E-state index contributed by atoms with van der Waals surface area (Å²) < 4.78 is 1.55. The van der Waals surface area contributed by atoms with Crippen LogP contribution in [-0.2, 0) is 10.5 Å². The molecule has 1 atom stereocenters. The van der Waals surface area contributed by atoms with E-state index < -0.39 is 0 Å². The zero-order chi connectivity index (χ0) is 17.9. The first-order chi connectivity index (χ1) is 12.7. The van der Waals surface area contributed by atoms with E-state index in [1.807, 2.05) is 10.3 Å². The quantitative estimate of drug-likeness (QED) is 0.762. The summed E-state index contributed by atoms with van der Waals surface area (Å²) in [6, 6.07) is 2.07. The van der Waals surface area contributed by atoms with Gasteiger partial charge in [-0.2, -0.15) is 0 Å². The van der Waals surface area contributed by atoms with E-state index in [4.69, 9.17) is 0 Å². The van der Waals surface area contributed by atoms with E-state index in [0.717, 1.165) is 51.4 Å². The van der Waals surface area contributed by atoms with Crippen molar-refractivity contribution in [2.24, 2.45) is 0 Å². The number of thiazole rings is 1. The molecular weight excluding hydrogens is 406 g/mol. The molecule has 2 aromatic heterocycles. The molecule has 2 aliphatic heterocycles. The Morgan fingerprint density at radius 2 is 2.15 bits per heavy atom. The van der Waals surface area contributed by atoms with Crippen molar-refractivity contribution in [3.8, 4) is 0 Å². The third-order valence-corrected chi connectivity index (χ3v) is 6.72. The molecule has 1 unspecified atom stereocenters. The maximum Gasteiger partial charge on any atom is 0.258 e. The molecule has 2 fully saturated rings. The predicted octanol–water partition coefficient (Wildman–Crippen LogP) is 0.917. The highest BCUT2D eigenvalue weighted by Crippen LogP contribution is 2.18. The summed E-state index contributed by atoms with van der Waals surface area (Å²) in [6.45, 7) is 5.94. The van der Waals surface area contributed by atoms with Gasteiger partial charge in [0.05, 0.1) is 11.4 Å². The van der Waals surface area contributed by atoms with Crippen LogP contribution in [0.1, 0.15) is 12.1 Å². The fourth-order valence-electron chi connectivity index (χ4n) is 3.61. The minimum Gasteiger partial charge on any atom is -0.340 e. The van der Waals surface area contributed by atoms with Gasteiger partial charge < -0.3 is 10.2 Å². The standard InChI is InChI=1S/C17H23N5O2S2.ClH/c23-15-9-13(19-17-22(15)7-8-26-17)11-25-12-16(24)21-4-1-14(10-21)20-5-2-18-3-6-20;/h7-9,14,18H,1-6,10-12H2;1H. The van der Waals surface area contributed by atoms with Gasteiger partial charge >= 0.3 is 0 Å². The van der Waals surface area contributed by atoms with Crippen LogP contribution in [-0.4, -0.2) is 76.2 Å². The molecule has 0 radical (unpaired) electrons. The van der Waals surface area contributed by atoms with Crippen LogP contribution in [0.15, 0.2) is 22.4 Å². The summed E-state index contributed by atoms with van der Waals surface area (Å²) in [5, 5.41) is 5.23. The third-order valence-electron chi connectivity index (χ3n) is 5.02. The smallest absolute Gasteiger partial charge is 0.258 e. The van der Waals surface area contributed by atoms with Crippen LogP contribution < -0.4 is 10.9 Å². The van der Waals surface area contributed by atoms with E-state index in [1.54, 1.807) is 16.7 Å². The average molecular weight is 430 g/mol. The molecule has 2 saturated heterocycles. The van der Waals surface area contributed by atoms with Gasteiger partial charge in [0.25, 0.3) is 5.56 Å². The van der Waals surface area contributed by atoms with Gasteiger partial charge in [0, 0.05) is 68.7 Å². The predicted molar refractivity (Wildman–Crippen MR) is 112 cm³/mol. The molecule has 2 aliphatic rings. The van der Waals surface area contributed by atoms with Gasteiger partial charge in [-0.15, -0.1) is 35.5 Å². The number of amides is 1. The Kier molecular flexibility index (Phi) is 7.16. The number of carbonyl (C=O) groups excluding carboxylic acids is 1. The second-order valence-corrected chi connectivity index (χ2v) is 8.56. The van der Waals surface area contributed by atoms with Crippen LogP contribution in [0.4, 0.5) is 0 Å². The summed E-state index contributed by atoms with van der Waals surface area (Å²) in [4.78, 5) is 34.2. The minimum atomic E-state index is -0.0587. The highest BCUT2D eigenvalue weighted by Gasteiger charge is 2.30. The number of rotatable bonds is 5. The molecule has 0 saturated carbocycles. The number of hydrogen-bond donors (Lipinski definition) is 1. The number of carbonyl (C=O) groups is 1. The fourth-order valence-corrected chi connectivity index (χ4v) is 5.16. The third kappa shape index (κ3) is 4.83. The monoisotopic (exact) mass is 429 g/mol. The molecule has 0 aliphatic carbocycles. The molecule has 7 nitrogen and oxygen atoms in total. The Balaban J connectivity index is 0.00000210. The van der Waals surface area contributed by atoms with E-state index in [2.05, 4.69) is 15.2 Å². The maximum absolute atomic E-state index is 12.5. The minimum absolute atomic E-state index is 0. The lowest BCUT2D eigenvalue weighted by Gasteiger charge is -2.32. The topological polar surface area (TPSA) is 70.0 Å². The van der Waals surface area contributed by atoms with Gasteiger partial charge in [-0.25, -0.2) is 4.98 Å². The van der Waals surface area contributed by atoms with Crippen molar-refractivity contribution in [2.75, 3.05) is 45.0 Å². The van der Waals surface area contributed by atoms with Crippen molar-refractivity contribution in [1.29, 1.82) is 0 Å². The van der Waals surface area contributed by atoms with Crippen LogP contribution in [0.3, 0.4) is 0 Å². The van der Waals surface area contributed by atoms with Gasteiger partial charge in [0.15, 0.2) is 4.96 Å². The number of hydrogen-bond acceptors (Lipinski definition) is 7. The molecule has 2 aromatic rings. The van der Waals surface area contributed by atoms with Crippen molar-refractivity contribution in [1.82, 2.24) is 24.5 Å². The number of piperazine rings is 1. The summed E-state index contributed by atoms with van der Waals surface area (Å²) >= 11 is 2.98. The first-order valence-electron chi connectivity index (χ1n) is 8.97. The van der Waals surface area contributed by atoms with E-state index in [-0.39, 0.29) is 23.9 Å². The molecule has 1 amide bonds. The summed E-state index contributed by atoms with van der Waals surface area (Å²) in [5.74, 6) is 1.23. The normalized spacial score (nSPS) is 20.7. The Morgan fingerprint density at radius 1 is 1.33 bits per heavy atom. The fraction of sp³-hybridized carbons (Fsp3) is 0.588. The first-order valence-corrected chi connectivity index (χ1v) is 11.0. The second-order valence-electron chi connectivity index (χ2n) is 6.70. The number of likely N-dealkylation sites (tertiary alicyclic amines) is 1. The number of fused-ring (bicyclic) bond motifs is 1. The number of aromatic nitrogens is 2. The van der Waals surface area contributed by atoms with E-state index >= 15 is 0 Å². The molecule has 4 heterocycles. The zero-order valence-electron chi connectivity index (χ0n) is 15.0. The lowest BCUT2D eigenvalue weighted by atomic mass is 10.2. The highest BCUT2D eigenvalue weighted by molar-refractivity contribution is 7.99. The Labute approximate surface area is 172 Å². The van der Waals surface area contributed by atoms with E-state index in [1.165, 1.54) is 23.1 Å². The molecule has 148 valence electrons. The Morgan fingerprint density at radius 3 is 2.96 bits per heavy atom. The van der Waals surface area contributed by atoms with Crippen molar-refractivity contribution in [3.05, 3.63) is 33.7 Å². The van der Waals surface area contributed by atoms with Crippen molar-refractivity contribution < 1.29 is 4.79 Å². The van der Waals surface area contributed by atoms with Gasteiger partial charge in [0.1, 0.15) is 0 Å². The maximum atomic E-state index is 12.5. The van der Waals surface area contributed by atoms with Crippen LogP contribution in [0.5, 0.6) is 0 Å². The first kappa shape index (κ1) is 20.6. The van der Waals surface area contributed by atoms with E-state index in [9.17, 15) is 9.59 Å². The van der Waals surface area contributed by atoms with E-state index in [0.29, 0.717) is 22.5 Å². The Bertz CT molecular complexity index is 836. The average Bonchev–Trinajstić information content (AvgIpc) is 3.32. The SMILES string of the molecule is Cl.O=C(CSCc1cc(=O)n2ccsc2n1)N1CCC(N2CCNCC2)C1. The van der Waals surface area contributed by atoms with Gasteiger partial charge in [-0.05, 0) is 6.42 Å². The second kappa shape index (κ2) is 9.38. The lowest BCUT2D eigenvalue weighted by molar-refractivity contribution is -0.127. The molecule has 0 aromatic carbocycles. The number of thioether (sulfide) groups is 1. The number of nitrogens with zero attached hydrogens (tertiary/aromatic N) is 4.